The SMILES string of the molecule is CN(CCc1cccs1)C(=O)NC1CCC2(CC1)OCCO2. The van der Waals surface area contributed by atoms with Crippen molar-refractivity contribution in [3.63, 3.8) is 0 Å². The van der Waals surface area contributed by atoms with Gasteiger partial charge in [-0.2, -0.15) is 0 Å². The molecule has 5 nitrogen and oxygen atoms in total. The van der Waals surface area contributed by atoms with Gasteiger partial charge in [0.1, 0.15) is 0 Å². The van der Waals surface area contributed by atoms with Gasteiger partial charge in [-0.1, -0.05) is 6.07 Å². The smallest absolute Gasteiger partial charge is 0.317 e. The maximum Gasteiger partial charge on any atom is 0.317 e. The van der Waals surface area contributed by atoms with E-state index >= 15 is 0 Å². The lowest BCUT2D eigenvalue weighted by Gasteiger charge is -2.36. The van der Waals surface area contributed by atoms with Crippen molar-refractivity contribution in [2.24, 2.45) is 0 Å². The fourth-order valence-corrected chi connectivity index (χ4v) is 3.80. The van der Waals surface area contributed by atoms with Gasteiger partial charge in [0.15, 0.2) is 5.79 Å². The van der Waals surface area contributed by atoms with Crippen LogP contribution in [0.15, 0.2) is 17.5 Å². The summed E-state index contributed by atoms with van der Waals surface area (Å²) in [6.45, 7) is 2.14. The molecule has 1 N–H and O–H groups in total. The monoisotopic (exact) mass is 324 g/mol. The predicted octanol–water partition coefficient (Wildman–Crippen LogP) is 2.62. The van der Waals surface area contributed by atoms with Gasteiger partial charge < -0.3 is 19.7 Å². The number of urea groups is 1. The first kappa shape index (κ1) is 15.8. The van der Waals surface area contributed by atoms with E-state index in [1.54, 1.807) is 16.2 Å². The number of nitrogens with zero attached hydrogens (tertiary/aromatic N) is 1. The van der Waals surface area contributed by atoms with Gasteiger partial charge in [0.2, 0.25) is 0 Å². The van der Waals surface area contributed by atoms with Crippen molar-refractivity contribution in [1.82, 2.24) is 10.2 Å². The molecule has 6 heteroatoms. The Labute approximate surface area is 135 Å². The standard InChI is InChI=1S/C16H24N2O3S/c1-18(9-6-14-3-2-12-22-14)15(19)17-13-4-7-16(8-5-13)20-10-11-21-16/h2-3,12-13H,4-11H2,1H3,(H,17,19). The average Bonchev–Trinajstić information content (AvgIpc) is 3.19. The normalized spacial score (nSPS) is 21.1. The number of carbonyl (C=O) groups is 1. The Morgan fingerprint density at radius 2 is 2.14 bits per heavy atom. The maximum absolute atomic E-state index is 12.2. The Hall–Kier alpha value is -1.11. The molecule has 1 saturated heterocycles. The van der Waals surface area contributed by atoms with Crippen LogP contribution in [0.25, 0.3) is 0 Å². The van der Waals surface area contributed by atoms with Crippen molar-refractivity contribution in [1.29, 1.82) is 0 Å². The van der Waals surface area contributed by atoms with E-state index in [1.165, 1.54) is 4.88 Å². The molecule has 1 spiro atoms. The van der Waals surface area contributed by atoms with Gasteiger partial charge in [-0.05, 0) is 30.7 Å². The van der Waals surface area contributed by atoms with Gasteiger partial charge in [-0.25, -0.2) is 4.79 Å². The highest BCUT2D eigenvalue weighted by Crippen LogP contribution is 2.35. The van der Waals surface area contributed by atoms with Gasteiger partial charge in [-0.3, -0.25) is 0 Å². The first-order valence-electron chi connectivity index (χ1n) is 7.99. The number of ether oxygens (including phenoxy) is 2. The van der Waals surface area contributed by atoms with Crippen LogP contribution in [-0.4, -0.2) is 49.6 Å². The molecule has 0 aromatic carbocycles. The van der Waals surface area contributed by atoms with Crippen LogP contribution < -0.4 is 5.32 Å². The lowest BCUT2D eigenvalue weighted by Crippen LogP contribution is -2.48. The molecule has 0 unspecified atom stereocenters. The van der Waals surface area contributed by atoms with E-state index in [0.29, 0.717) is 13.2 Å². The molecule has 0 radical (unpaired) electrons. The summed E-state index contributed by atoms with van der Waals surface area (Å²) in [7, 11) is 1.86. The number of thiophene rings is 1. The van der Waals surface area contributed by atoms with E-state index in [1.807, 2.05) is 13.1 Å². The molecule has 2 fully saturated rings. The summed E-state index contributed by atoms with van der Waals surface area (Å²) >= 11 is 1.74. The number of amides is 2. The van der Waals surface area contributed by atoms with Crippen LogP contribution >= 0.6 is 11.3 Å². The Morgan fingerprint density at radius 1 is 1.41 bits per heavy atom. The second-order valence-corrected chi connectivity index (χ2v) is 7.11. The average molecular weight is 324 g/mol. The molecule has 0 atom stereocenters. The molecule has 3 rings (SSSR count). The summed E-state index contributed by atoms with van der Waals surface area (Å²) in [4.78, 5) is 15.3. The molecule has 1 aliphatic carbocycles. The zero-order valence-corrected chi connectivity index (χ0v) is 13.9. The molecule has 1 aromatic rings. The summed E-state index contributed by atoms with van der Waals surface area (Å²) in [5, 5.41) is 5.20. The molecule has 2 heterocycles. The van der Waals surface area contributed by atoms with Gasteiger partial charge in [-0.15, -0.1) is 11.3 Å². The Balaban J connectivity index is 1.40. The van der Waals surface area contributed by atoms with Gasteiger partial charge in [0.25, 0.3) is 0 Å². The van der Waals surface area contributed by atoms with Crippen LogP contribution in [0.5, 0.6) is 0 Å². The summed E-state index contributed by atoms with van der Waals surface area (Å²) in [6, 6.07) is 4.41. The third-order valence-electron chi connectivity index (χ3n) is 4.51. The zero-order chi connectivity index (χ0) is 15.4. The van der Waals surface area contributed by atoms with Gasteiger partial charge in [0, 0.05) is 37.4 Å². The Kier molecular flexibility index (Phi) is 5.00. The van der Waals surface area contributed by atoms with Crippen LogP contribution in [0.3, 0.4) is 0 Å². The molecule has 122 valence electrons. The molecule has 2 aliphatic rings. The molecule has 1 aromatic heterocycles. The summed E-state index contributed by atoms with van der Waals surface area (Å²) in [5.74, 6) is -0.355. The molecule has 2 amide bonds. The van der Waals surface area contributed by atoms with Crippen LogP contribution in [0, 0.1) is 0 Å². The number of likely N-dealkylation sites (N-methyl/N-ethyl adjacent to an activating group) is 1. The minimum absolute atomic E-state index is 0.0192. The Bertz CT molecular complexity index is 476. The van der Waals surface area contributed by atoms with E-state index in [9.17, 15) is 4.79 Å². The summed E-state index contributed by atoms with van der Waals surface area (Å²) in [5.41, 5.74) is 0. The lowest BCUT2D eigenvalue weighted by atomic mass is 9.90. The van der Waals surface area contributed by atoms with E-state index in [0.717, 1.165) is 38.6 Å². The molecule has 0 bridgehead atoms. The van der Waals surface area contributed by atoms with Crippen molar-refractivity contribution in [2.75, 3.05) is 26.8 Å². The quantitative estimate of drug-likeness (QED) is 0.926. The van der Waals surface area contributed by atoms with Crippen LogP contribution in [0.4, 0.5) is 4.79 Å². The minimum Gasteiger partial charge on any atom is -0.348 e. The fourth-order valence-electron chi connectivity index (χ4n) is 3.11. The molecule has 1 saturated carbocycles. The van der Waals surface area contributed by atoms with E-state index < -0.39 is 0 Å². The van der Waals surface area contributed by atoms with Crippen LogP contribution in [-0.2, 0) is 15.9 Å². The van der Waals surface area contributed by atoms with Crippen molar-refractivity contribution >= 4 is 17.4 Å². The van der Waals surface area contributed by atoms with E-state index in [2.05, 4.69) is 16.8 Å². The van der Waals surface area contributed by atoms with Crippen molar-refractivity contribution in [3.05, 3.63) is 22.4 Å². The van der Waals surface area contributed by atoms with Crippen molar-refractivity contribution in [3.8, 4) is 0 Å². The van der Waals surface area contributed by atoms with Crippen molar-refractivity contribution in [2.45, 2.75) is 43.9 Å². The number of carbonyl (C=O) groups excluding carboxylic acids is 1. The highest BCUT2D eigenvalue weighted by atomic mass is 32.1. The molecule has 22 heavy (non-hydrogen) atoms. The van der Waals surface area contributed by atoms with Gasteiger partial charge in [0.05, 0.1) is 13.2 Å². The lowest BCUT2D eigenvalue weighted by molar-refractivity contribution is -0.179. The molecule has 1 aliphatic heterocycles. The third kappa shape index (κ3) is 3.80. The zero-order valence-electron chi connectivity index (χ0n) is 13.0. The second kappa shape index (κ2) is 6.98. The van der Waals surface area contributed by atoms with Crippen LogP contribution in [0.2, 0.25) is 0 Å². The summed E-state index contributed by atoms with van der Waals surface area (Å²) < 4.78 is 11.4. The first-order valence-corrected chi connectivity index (χ1v) is 8.87. The maximum atomic E-state index is 12.2. The fraction of sp³-hybridized carbons (Fsp3) is 0.688. The predicted molar refractivity (Wildman–Crippen MR) is 86.1 cm³/mol. The molecular formula is C16H24N2O3S. The first-order chi connectivity index (χ1) is 10.7. The number of nitrogens with one attached hydrogen (secondary N) is 1. The Morgan fingerprint density at radius 3 is 2.77 bits per heavy atom. The largest absolute Gasteiger partial charge is 0.348 e. The molecular weight excluding hydrogens is 300 g/mol. The van der Waals surface area contributed by atoms with Gasteiger partial charge >= 0.3 is 6.03 Å². The van der Waals surface area contributed by atoms with Crippen LogP contribution in [0.1, 0.15) is 30.6 Å². The van der Waals surface area contributed by atoms with E-state index in [-0.39, 0.29) is 17.9 Å². The van der Waals surface area contributed by atoms with E-state index in [4.69, 9.17) is 9.47 Å². The highest BCUT2D eigenvalue weighted by Gasteiger charge is 2.40. The number of rotatable bonds is 4. The topological polar surface area (TPSA) is 50.8 Å². The third-order valence-corrected chi connectivity index (χ3v) is 5.45. The number of hydrogen-bond acceptors (Lipinski definition) is 4. The highest BCUT2D eigenvalue weighted by molar-refractivity contribution is 7.09. The van der Waals surface area contributed by atoms with Crippen molar-refractivity contribution < 1.29 is 14.3 Å². The second-order valence-electron chi connectivity index (χ2n) is 6.08. The number of hydrogen-bond donors (Lipinski definition) is 1. The summed E-state index contributed by atoms with van der Waals surface area (Å²) in [6.07, 6.45) is 4.50. The minimum atomic E-state index is -0.355.